The molecular weight excluding hydrogens is 274 g/mol. The molecule has 104 valence electrons. The van der Waals surface area contributed by atoms with Crippen LogP contribution in [-0.2, 0) is 13.0 Å². The first kappa shape index (κ1) is 14.7. The van der Waals surface area contributed by atoms with E-state index in [1.165, 1.54) is 14.6 Å². The fourth-order valence-electron chi connectivity index (χ4n) is 2.09. The molecule has 0 saturated carbocycles. The standard InChI is InChI=1S/C14H21N3S2/c1-4-11-5-6-13(19-11)12(7-15)17(3)8-14-10(2)16-9-18-14/h5-6,9,12H,4,7-8,15H2,1-3H3. The first-order chi connectivity index (χ1) is 9.15. The number of thiophene rings is 1. The zero-order valence-electron chi connectivity index (χ0n) is 11.7. The summed E-state index contributed by atoms with van der Waals surface area (Å²) in [6, 6.07) is 4.73. The van der Waals surface area contributed by atoms with Crippen LogP contribution in [0.5, 0.6) is 0 Å². The number of aryl methyl sites for hydroxylation is 2. The highest BCUT2D eigenvalue weighted by Gasteiger charge is 2.18. The Kier molecular flexibility index (Phi) is 5.10. The molecule has 2 N–H and O–H groups in total. The SMILES string of the molecule is CCc1ccc(C(CN)N(C)Cc2scnc2C)s1. The third-order valence-electron chi connectivity index (χ3n) is 3.35. The predicted molar refractivity (Wildman–Crippen MR) is 83.8 cm³/mol. The predicted octanol–water partition coefficient (Wildman–Crippen LogP) is 3.21. The molecule has 0 spiro atoms. The molecule has 1 atom stereocenters. The number of nitrogens with zero attached hydrogens (tertiary/aromatic N) is 2. The van der Waals surface area contributed by atoms with Crippen LogP contribution in [0, 0.1) is 6.92 Å². The summed E-state index contributed by atoms with van der Waals surface area (Å²) in [5.74, 6) is 0. The Morgan fingerprint density at radius 3 is 2.74 bits per heavy atom. The van der Waals surface area contributed by atoms with Gasteiger partial charge in [-0.2, -0.15) is 0 Å². The Balaban J connectivity index is 2.10. The Labute approximate surface area is 123 Å². The second-order valence-electron chi connectivity index (χ2n) is 4.69. The van der Waals surface area contributed by atoms with Crippen LogP contribution >= 0.6 is 22.7 Å². The van der Waals surface area contributed by atoms with Crippen molar-refractivity contribution >= 4 is 22.7 Å². The lowest BCUT2D eigenvalue weighted by Gasteiger charge is -2.25. The molecule has 2 aromatic rings. The van der Waals surface area contributed by atoms with Crippen molar-refractivity contribution < 1.29 is 0 Å². The number of thiazole rings is 1. The van der Waals surface area contributed by atoms with Crippen molar-refractivity contribution in [2.45, 2.75) is 32.9 Å². The minimum Gasteiger partial charge on any atom is -0.329 e. The average Bonchev–Trinajstić information content (AvgIpc) is 3.01. The van der Waals surface area contributed by atoms with E-state index in [0.29, 0.717) is 12.6 Å². The highest BCUT2D eigenvalue weighted by atomic mass is 32.1. The largest absolute Gasteiger partial charge is 0.329 e. The van der Waals surface area contributed by atoms with Crippen molar-refractivity contribution in [3.8, 4) is 0 Å². The maximum absolute atomic E-state index is 5.98. The van der Waals surface area contributed by atoms with Crippen LogP contribution in [0.4, 0.5) is 0 Å². The molecule has 3 nitrogen and oxygen atoms in total. The van der Waals surface area contributed by atoms with E-state index >= 15 is 0 Å². The zero-order chi connectivity index (χ0) is 13.8. The van der Waals surface area contributed by atoms with Gasteiger partial charge in [0.2, 0.25) is 0 Å². The van der Waals surface area contributed by atoms with Gasteiger partial charge in [0.15, 0.2) is 0 Å². The van der Waals surface area contributed by atoms with Crippen LogP contribution in [-0.4, -0.2) is 23.5 Å². The first-order valence-corrected chi connectivity index (χ1v) is 8.23. The Morgan fingerprint density at radius 1 is 1.42 bits per heavy atom. The van der Waals surface area contributed by atoms with Crippen LogP contribution in [0.25, 0.3) is 0 Å². The van der Waals surface area contributed by atoms with E-state index in [4.69, 9.17) is 5.73 Å². The van der Waals surface area contributed by atoms with Gasteiger partial charge in [0, 0.05) is 27.7 Å². The van der Waals surface area contributed by atoms with E-state index in [-0.39, 0.29) is 0 Å². The monoisotopic (exact) mass is 295 g/mol. The molecule has 2 heterocycles. The molecule has 0 aliphatic heterocycles. The molecule has 2 rings (SSSR count). The highest BCUT2D eigenvalue weighted by Crippen LogP contribution is 2.28. The summed E-state index contributed by atoms with van der Waals surface area (Å²) in [4.78, 5) is 10.8. The molecule has 0 fully saturated rings. The second-order valence-corrected chi connectivity index (χ2v) is 6.82. The van der Waals surface area contributed by atoms with Crippen LogP contribution in [0.1, 0.15) is 33.3 Å². The number of hydrogen-bond acceptors (Lipinski definition) is 5. The molecular formula is C14H21N3S2. The molecule has 0 saturated heterocycles. The minimum absolute atomic E-state index is 0.298. The molecule has 0 aromatic carbocycles. The first-order valence-electron chi connectivity index (χ1n) is 6.53. The lowest BCUT2D eigenvalue weighted by molar-refractivity contribution is 0.246. The molecule has 0 radical (unpaired) electrons. The maximum Gasteiger partial charge on any atom is 0.0798 e. The average molecular weight is 295 g/mol. The minimum atomic E-state index is 0.298. The Hall–Kier alpha value is -0.750. The second kappa shape index (κ2) is 6.61. The van der Waals surface area contributed by atoms with Crippen molar-refractivity contribution in [2.24, 2.45) is 5.73 Å². The molecule has 0 amide bonds. The third-order valence-corrected chi connectivity index (χ3v) is 5.60. The van der Waals surface area contributed by atoms with Gasteiger partial charge in [0.1, 0.15) is 0 Å². The van der Waals surface area contributed by atoms with E-state index in [9.17, 15) is 0 Å². The molecule has 19 heavy (non-hydrogen) atoms. The smallest absolute Gasteiger partial charge is 0.0798 e. The lowest BCUT2D eigenvalue weighted by Crippen LogP contribution is -2.29. The summed E-state index contributed by atoms with van der Waals surface area (Å²) in [5.41, 5.74) is 9.02. The number of rotatable bonds is 6. The van der Waals surface area contributed by atoms with Crippen molar-refractivity contribution in [2.75, 3.05) is 13.6 Å². The third kappa shape index (κ3) is 3.42. The fourth-order valence-corrected chi connectivity index (χ4v) is 4.06. The Morgan fingerprint density at radius 2 is 2.21 bits per heavy atom. The molecule has 1 unspecified atom stereocenters. The summed E-state index contributed by atoms with van der Waals surface area (Å²) < 4.78 is 0. The Bertz CT molecular complexity index is 518. The van der Waals surface area contributed by atoms with E-state index in [1.54, 1.807) is 11.3 Å². The fraction of sp³-hybridized carbons (Fsp3) is 0.500. The van der Waals surface area contributed by atoms with Crippen LogP contribution in [0.15, 0.2) is 17.6 Å². The van der Waals surface area contributed by atoms with E-state index in [1.807, 2.05) is 16.8 Å². The van der Waals surface area contributed by atoms with E-state index in [0.717, 1.165) is 18.7 Å². The van der Waals surface area contributed by atoms with Crippen LogP contribution < -0.4 is 5.73 Å². The van der Waals surface area contributed by atoms with Crippen molar-refractivity contribution in [3.63, 3.8) is 0 Å². The molecule has 0 aliphatic carbocycles. The summed E-state index contributed by atoms with van der Waals surface area (Å²) in [5, 5.41) is 0. The van der Waals surface area contributed by atoms with Crippen LogP contribution in [0.3, 0.4) is 0 Å². The summed E-state index contributed by atoms with van der Waals surface area (Å²) >= 11 is 3.60. The number of hydrogen-bond donors (Lipinski definition) is 1. The van der Waals surface area contributed by atoms with E-state index < -0.39 is 0 Å². The normalized spacial score (nSPS) is 13.1. The quantitative estimate of drug-likeness (QED) is 0.890. The van der Waals surface area contributed by atoms with Gasteiger partial charge in [0.25, 0.3) is 0 Å². The number of likely N-dealkylation sites (N-methyl/N-ethyl adjacent to an activating group) is 1. The van der Waals surface area contributed by atoms with Gasteiger partial charge in [0.05, 0.1) is 17.2 Å². The summed E-state index contributed by atoms with van der Waals surface area (Å²) in [6.45, 7) is 5.82. The van der Waals surface area contributed by atoms with Gasteiger partial charge >= 0.3 is 0 Å². The maximum atomic E-state index is 5.98. The molecule has 2 aromatic heterocycles. The molecule has 5 heteroatoms. The topological polar surface area (TPSA) is 42.1 Å². The van der Waals surface area contributed by atoms with Gasteiger partial charge in [-0.1, -0.05) is 6.92 Å². The number of nitrogens with two attached hydrogens (primary N) is 1. The van der Waals surface area contributed by atoms with E-state index in [2.05, 4.69) is 42.9 Å². The van der Waals surface area contributed by atoms with Crippen molar-refractivity contribution in [3.05, 3.63) is 38.0 Å². The molecule has 0 bridgehead atoms. The van der Waals surface area contributed by atoms with Crippen LogP contribution in [0.2, 0.25) is 0 Å². The van der Waals surface area contributed by atoms with Gasteiger partial charge < -0.3 is 5.73 Å². The lowest BCUT2D eigenvalue weighted by atomic mass is 10.2. The van der Waals surface area contributed by atoms with Gasteiger partial charge in [-0.3, -0.25) is 4.90 Å². The summed E-state index contributed by atoms with van der Waals surface area (Å²) in [7, 11) is 2.14. The zero-order valence-corrected chi connectivity index (χ0v) is 13.4. The van der Waals surface area contributed by atoms with Gasteiger partial charge in [-0.05, 0) is 32.5 Å². The van der Waals surface area contributed by atoms with Gasteiger partial charge in [-0.25, -0.2) is 4.98 Å². The summed E-state index contributed by atoms with van der Waals surface area (Å²) in [6.07, 6.45) is 1.10. The number of aromatic nitrogens is 1. The van der Waals surface area contributed by atoms with Crippen molar-refractivity contribution in [1.29, 1.82) is 0 Å². The van der Waals surface area contributed by atoms with Gasteiger partial charge in [-0.15, -0.1) is 22.7 Å². The van der Waals surface area contributed by atoms with Crippen molar-refractivity contribution in [1.82, 2.24) is 9.88 Å². The molecule has 0 aliphatic rings. The highest BCUT2D eigenvalue weighted by molar-refractivity contribution is 7.12.